The van der Waals surface area contributed by atoms with Crippen molar-refractivity contribution in [3.05, 3.63) is 0 Å². The van der Waals surface area contributed by atoms with Crippen LogP contribution in [0.5, 0.6) is 0 Å². The average Bonchev–Trinajstić information content (AvgIpc) is 2.27. The van der Waals surface area contributed by atoms with E-state index in [0.717, 1.165) is 0 Å². The first-order valence-electron chi connectivity index (χ1n) is 5.62. The largest absolute Gasteiger partial charge is 0.465 e. The predicted octanol–water partition coefficient (Wildman–Crippen LogP) is 0.710. The van der Waals surface area contributed by atoms with Crippen LogP contribution in [0.1, 0.15) is 26.7 Å². The summed E-state index contributed by atoms with van der Waals surface area (Å²) in [7, 11) is 0. The number of carbonyl (C=O) groups is 1. The summed E-state index contributed by atoms with van der Waals surface area (Å²) in [4.78, 5) is 12.0. The molecule has 1 heterocycles. The van der Waals surface area contributed by atoms with Crippen molar-refractivity contribution in [2.45, 2.75) is 38.3 Å². The summed E-state index contributed by atoms with van der Waals surface area (Å²) < 4.78 is 10.5. The van der Waals surface area contributed by atoms with Crippen LogP contribution >= 0.6 is 0 Å². The SMILES string of the molecule is C#CCNC1(C(=O)OCC)CCOC(C)C1. The number of ether oxygens (including phenoxy) is 2. The van der Waals surface area contributed by atoms with Gasteiger partial charge in [0.2, 0.25) is 0 Å². The fraction of sp³-hybridized carbons (Fsp3) is 0.750. The Morgan fingerprint density at radius 1 is 1.75 bits per heavy atom. The minimum absolute atomic E-state index is 0.0448. The molecule has 2 atom stereocenters. The van der Waals surface area contributed by atoms with E-state index >= 15 is 0 Å². The van der Waals surface area contributed by atoms with Crippen molar-refractivity contribution in [1.82, 2.24) is 5.32 Å². The van der Waals surface area contributed by atoms with Gasteiger partial charge in [0.05, 0.1) is 19.3 Å². The van der Waals surface area contributed by atoms with E-state index in [1.54, 1.807) is 6.92 Å². The number of carbonyl (C=O) groups excluding carboxylic acids is 1. The molecule has 0 amide bonds. The number of nitrogens with one attached hydrogen (secondary N) is 1. The molecular weight excluding hydrogens is 206 g/mol. The summed E-state index contributed by atoms with van der Waals surface area (Å²) in [5.41, 5.74) is -0.667. The second kappa shape index (κ2) is 5.88. The standard InChI is InChI=1S/C12H19NO3/c1-4-7-13-12(11(14)15-5-2)6-8-16-10(3)9-12/h1,10,13H,5-9H2,2-3H3. The van der Waals surface area contributed by atoms with E-state index in [-0.39, 0.29) is 12.1 Å². The molecule has 4 heteroatoms. The lowest BCUT2D eigenvalue weighted by Crippen LogP contribution is -2.57. The van der Waals surface area contributed by atoms with Gasteiger partial charge < -0.3 is 9.47 Å². The van der Waals surface area contributed by atoms with Crippen LogP contribution in [0.2, 0.25) is 0 Å². The zero-order valence-corrected chi connectivity index (χ0v) is 9.91. The minimum atomic E-state index is -0.667. The van der Waals surface area contributed by atoms with Crippen molar-refractivity contribution in [2.75, 3.05) is 19.8 Å². The van der Waals surface area contributed by atoms with Crippen molar-refractivity contribution >= 4 is 5.97 Å². The monoisotopic (exact) mass is 225 g/mol. The Labute approximate surface area is 96.7 Å². The molecule has 1 rings (SSSR count). The molecule has 1 aliphatic rings. The molecule has 1 fully saturated rings. The van der Waals surface area contributed by atoms with Gasteiger partial charge in [0.25, 0.3) is 0 Å². The van der Waals surface area contributed by atoms with Crippen LogP contribution in [0.15, 0.2) is 0 Å². The molecular formula is C12H19NO3. The number of esters is 1. The maximum absolute atomic E-state index is 12.0. The highest BCUT2D eigenvalue weighted by molar-refractivity contribution is 5.81. The molecule has 0 aromatic carbocycles. The Bertz CT molecular complexity index is 284. The Kier molecular flexibility index (Phi) is 4.78. The van der Waals surface area contributed by atoms with Gasteiger partial charge in [-0.3, -0.25) is 10.1 Å². The van der Waals surface area contributed by atoms with Gasteiger partial charge in [0, 0.05) is 13.0 Å². The second-order valence-electron chi connectivity index (χ2n) is 4.00. The molecule has 2 unspecified atom stereocenters. The predicted molar refractivity (Wildman–Crippen MR) is 60.8 cm³/mol. The van der Waals surface area contributed by atoms with Crippen LogP contribution in [0.25, 0.3) is 0 Å². The normalized spacial score (nSPS) is 29.4. The number of hydrogen-bond donors (Lipinski definition) is 1. The summed E-state index contributed by atoms with van der Waals surface area (Å²) in [5.74, 6) is 2.27. The fourth-order valence-electron chi connectivity index (χ4n) is 1.99. The van der Waals surface area contributed by atoms with E-state index in [9.17, 15) is 4.79 Å². The lowest BCUT2D eigenvalue weighted by atomic mass is 9.87. The van der Waals surface area contributed by atoms with E-state index in [2.05, 4.69) is 11.2 Å². The van der Waals surface area contributed by atoms with Gasteiger partial charge in [-0.1, -0.05) is 5.92 Å². The average molecular weight is 225 g/mol. The minimum Gasteiger partial charge on any atom is -0.465 e. The van der Waals surface area contributed by atoms with Crippen molar-refractivity contribution in [2.24, 2.45) is 0 Å². The van der Waals surface area contributed by atoms with Gasteiger partial charge in [-0.05, 0) is 20.3 Å². The second-order valence-corrected chi connectivity index (χ2v) is 4.00. The maximum Gasteiger partial charge on any atom is 0.326 e. The lowest BCUT2D eigenvalue weighted by molar-refractivity contribution is -0.157. The van der Waals surface area contributed by atoms with Crippen molar-refractivity contribution in [3.8, 4) is 12.3 Å². The summed E-state index contributed by atoms with van der Waals surface area (Å²) in [6, 6.07) is 0. The first-order chi connectivity index (χ1) is 7.64. The van der Waals surface area contributed by atoms with Gasteiger partial charge >= 0.3 is 5.97 Å². The van der Waals surface area contributed by atoms with Crippen LogP contribution in [-0.2, 0) is 14.3 Å². The van der Waals surface area contributed by atoms with E-state index < -0.39 is 5.54 Å². The maximum atomic E-state index is 12.0. The van der Waals surface area contributed by atoms with Crippen molar-refractivity contribution in [1.29, 1.82) is 0 Å². The van der Waals surface area contributed by atoms with Gasteiger partial charge in [-0.15, -0.1) is 6.42 Å². The van der Waals surface area contributed by atoms with Gasteiger partial charge in [-0.25, -0.2) is 0 Å². The zero-order valence-electron chi connectivity index (χ0n) is 9.91. The molecule has 0 saturated carbocycles. The molecule has 0 aromatic rings. The molecule has 1 aliphatic heterocycles. The van der Waals surface area contributed by atoms with Crippen LogP contribution in [0.4, 0.5) is 0 Å². The van der Waals surface area contributed by atoms with Gasteiger partial charge in [0.15, 0.2) is 0 Å². The Balaban J connectivity index is 2.74. The first kappa shape index (κ1) is 13.0. The molecule has 0 aliphatic carbocycles. The zero-order chi connectivity index (χ0) is 12.0. The highest BCUT2D eigenvalue weighted by Gasteiger charge is 2.43. The quantitative estimate of drug-likeness (QED) is 0.565. The number of rotatable bonds is 4. The van der Waals surface area contributed by atoms with E-state index in [4.69, 9.17) is 15.9 Å². The number of hydrogen-bond acceptors (Lipinski definition) is 4. The third-order valence-corrected chi connectivity index (χ3v) is 2.76. The van der Waals surface area contributed by atoms with E-state index in [1.807, 2.05) is 6.92 Å². The van der Waals surface area contributed by atoms with Crippen LogP contribution in [0, 0.1) is 12.3 Å². The highest BCUT2D eigenvalue weighted by atomic mass is 16.5. The van der Waals surface area contributed by atoms with Gasteiger partial charge in [-0.2, -0.15) is 0 Å². The fourth-order valence-corrected chi connectivity index (χ4v) is 1.99. The molecule has 0 bridgehead atoms. The third kappa shape index (κ3) is 2.97. The molecule has 1 saturated heterocycles. The topological polar surface area (TPSA) is 47.6 Å². The van der Waals surface area contributed by atoms with Crippen LogP contribution < -0.4 is 5.32 Å². The van der Waals surface area contributed by atoms with Crippen molar-refractivity contribution in [3.63, 3.8) is 0 Å². The Hall–Kier alpha value is -1.05. The van der Waals surface area contributed by atoms with E-state index in [0.29, 0.717) is 32.6 Å². The molecule has 1 N–H and O–H groups in total. The summed E-state index contributed by atoms with van der Waals surface area (Å²) >= 11 is 0. The lowest BCUT2D eigenvalue weighted by Gasteiger charge is -2.38. The highest BCUT2D eigenvalue weighted by Crippen LogP contribution is 2.26. The van der Waals surface area contributed by atoms with Crippen LogP contribution in [0.3, 0.4) is 0 Å². The number of terminal acetylenes is 1. The van der Waals surface area contributed by atoms with Gasteiger partial charge in [0.1, 0.15) is 5.54 Å². The smallest absolute Gasteiger partial charge is 0.326 e. The summed E-state index contributed by atoms with van der Waals surface area (Å²) in [5, 5.41) is 3.11. The summed E-state index contributed by atoms with van der Waals surface area (Å²) in [6.45, 7) is 5.05. The van der Waals surface area contributed by atoms with E-state index in [1.165, 1.54) is 0 Å². The van der Waals surface area contributed by atoms with Crippen LogP contribution in [-0.4, -0.2) is 37.4 Å². The third-order valence-electron chi connectivity index (χ3n) is 2.76. The molecule has 0 aromatic heterocycles. The van der Waals surface area contributed by atoms with Crippen molar-refractivity contribution < 1.29 is 14.3 Å². The molecule has 0 radical (unpaired) electrons. The molecule has 90 valence electrons. The Morgan fingerprint density at radius 3 is 3.06 bits per heavy atom. The first-order valence-corrected chi connectivity index (χ1v) is 5.62. The Morgan fingerprint density at radius 2 is 2.50 bits per heavy atom. The summed E-state index contributed by atoms with van der Waals surface area (Å²) in [6.07, 6.45) is 6.48. The molecule has 16 heavy (non-hydrogen) atoms. The molecule has 4 nitrogen and oxygen atoms in total. The molecule has 0 spiro atoms.